The molecule has 2 fully saturated rings. The molecule has 0 radical (unpaired) electrons. The number of pyridine rings is 1. The van der Waals surface area contributed by atoms with Crippen LogP contribution in [0, 0.1) is 11.8 Å². The van der Waals surface area contributed by atoms with Gasteiger partial charge in [-0.25, -0.2) is 10.8 Å². The van der Waals surface area contributed by atoms with E-state index in [1.807, 2.05) is 12.1 Å². The van der Waals surface area contributed by atoms with Crippen molar-refractivity contribution in [2.75, 3.05) is 18.5 Å². The van der Waals surface area contributed by atoms with E-state index in [0.29, 0.717) is 0 Å². The Morgan fingerprint density at radius 2 is 2.06 bits per heavy atom. The number of hydrogen-bond acceptors (Lipinski definition) is 4. The lowest BCUT2D eigenvalue weighted by Gasteiger charge is -2.16. The number of hydrogen-bond donors (Lipinski definition) is 2. The van der Waals surface area contributed by atoms with Gasteiger partial charge in [-0.2, -0.15) is 0 Å². The van der Waals surface area contributed by atoms with Crippen LogP contribution in [0.4, 0.5) is 5.82 Å². The number of hydrazine groups is 1. The summed E-state index contributed by atoms with van der Waals surface area (Å²) in [6, 6.07) is 5.98. The average molecular weight is 232 g/mol. The summed E-state index contributed by atoms with van der Waals surface area (Å²) in [5.41, 5.74) is 3.71. The molecular weight excluding hydrogens is 212 g/mol. The van der Waals surface area contributed by atoms with Crippen molar-refractivity contribution in [3.63, 3.8) is 0 Å². The molecule has 0 amide bonds. The van der Waals surface area contributed by atoms with E-state index in [9.17, 15) is 0 Å². The first kappa shape index (κ1) is 11.0. The van der Waals surface area contributed by atoms with E-state index in [4.69, 9.17) is 5.84 Å². The quantitative estimate of drug-likeness (QED) is 0.614. The number of nitrogen functional groups attached to an aromatic ring is 1. The van der Waals surface area contributed by atoms with Crippen LogP contribution in [0.3, 0.4) is 0 Å². The first-order valence-electron chi connectivity index (χ1n) is 6.50. The minimum absolute atomic E-state index is 0.752. The van der Waals surface area contributed by atoms with Gasteiger partial charge in [-0.15, -0.1) is 0 Å². The molecular formula is C13H20N4. The molecule has 0 bridgehead atoms. The van der Waals surface area contributed by atoms with Crippen molar-refractivity contribution in [3.05, 3.63) is 23.9 Å². The van der Waals surface area contributed by atoms with Gasteiger partial charge in [0.25, 0.3) is 0 Å². The maximum absolute atomic E-state index is 5.38. The monoisotopic (exact) mass is 232 g/mol. The van der Waals surface area contributed by atoms with Gasteiger partial charge in [-0.3, -0.25) is 4.90 Å². The minimum Gasteiger partial charge on any atom is -0.308 e. The van der Waals surface area contributed by atoms with E-state index in [-0.39, 0.29) is 0 Å². The Bertz CT molecular complexity index is 381. The van der Waals surface area contributed by atoms with Crippen molar-refractivity contribution in [2.45, 2.75) is 25.8 Å². The highest BCUT2D eigenvalue weighted by atomic mass is 15.3. The summed E-state index contributed by atoms with van der Waals surface area (Å²) in [5.74, 6) is 8.03. The summed E-state index contributed by atoms with van der Waals surface area (Å²) in [7, 11) is 0. The van der Waals surface area contributed by atoms with Crippen LogP contribution in [0.25, 0.3) is 0 Å². The topological polar surface area (TPSA) is 54.2 Å². The first-order valence-corrected chi connectivity index (χ1v) is 6.50. The molecule has 2 aliphatic rings. The molecule has 2 atom stereocenters. The van der Waals surface area contributed by atoms with Gasteiger partial charge in [-0.05, 0) is 36.8 Å². The van der Waals surface area contributed by atoms with Crippen LogP contribution >= 0.6 is 0 Å². The van der Waals surface area contributed by atoms with E-state index in [2.05, 4.69) is 21.4 Å². The van der Waals surface area contributed by atoms with Gasteiger partial charge in [0.05, 0.1) is 5.69 Å². The number of nitrogens with two attached hydrogens (primary N) is 1. The van der Waals surface area contributed by atoms with Gasteiger partial charge >= 0.3 is 0 Å². The SMILES string of the molecule is NNc1cccc(CN2CC3CCCC3C2)n1. The lowest BCUT2D eigenvalue weighted by atomic mass is 10.0. The standard InChI is InChI=1S/C13H20N4/c14-16-13-6-2-5-12(15-13)9-17-7-10-3-1-4-11(10)8-17/h2,5-6,10-11H,1,3-4,7-9,14H2,(H,15,16). The molecule has 17 heavy (non-hydrogen) atoms. The number of anilines is 1. The molecule has 1 aliphatic carbocycles. The van der Waals surface area contributed by atoms with Gasteiger partial charge in [-0.1, -0.05) is 12.5 Å². The summed E-state index contributed by atoms with van der Waals surface area (Å²) in [5, 5.41) is 0. The van der Waals surface area contributed by atoms with Crippen molar-refractivity contribution >= 4 is 5.82 Å². The second kappa shape index (κ2) is 4.63. The van der Waals surface area contributed by atoms with Crippen molar-refractivity contribution in [1.29, 1.82) is 0 Å². The zero-order valence-electron chi connectivity index (χ0n) is 10.1. The van der Waals surface area contributed by atoms with E-state index in [0.717, 1.165) is 29.9 Å². The average Bonchev–Trinajstić information content (AvgIpc) is 2.90. The number of likely N-dealkylation sites (tertiary alicyclic amines) is 1. The lowest BCUT2D eigenvalue weighted by molar-refractivity contribution is 0.300. The van der Waals surface area contributed by atoms with Crippen molar-refractivity contribution < 1.29 is 0 Å². The second-order valence-corrected chi connectivity index (χ2v) is 5.30. The molecule has 1 aromatic rings. The lowest BCUT2D eigenvalue weighted by Crippen LogP contribution is -2.22. The zero-order chi connectivity index (χ0) is 11.7. The first-order chi connectivity index (χ1) is 8.35. The van der Waals surface area contributed by atoms with Crippen LogP contribution in [0.5, 0.6) is 0 Å². The van der Waals surface area contributed by atoms with Gasteiger partial charge in [0.15, 0.2) is 0 Å². The van der Waals surface area contributed by atoms with Crippen LogP contribution < -0.4 is 11.3 Å². The van der Waals surface area contributed by atoms with Crippen LogP contribution in [0.1, 0.15) is 25.0 Å². The predicted molar refractivity (Wildman–Crippen MR) is 68.2 cm³/mol. The molecule has 0 aromatic carbocycles. The number of nitrogens with zero attached hydrogens (tertiary/aromatic N) is 2. The fraction of sp³-hybridized carbons (Fsp3) is 0.615. The van der Waals surface area contributed by atoms with Crippen molar-refractivity contribution in [3.8, 4) is 0 Å². The normalized spacial score (nSPS) is 28.3. The van der Waals surface area contributed by atoms with E-state index in [1.54, 1.807) is 0 Å². The molecule has 4 heteroatoms. The number of fused-ring (bicyclic) bond motifs is 1. The smallest absolute Gasteiger partial charge is 0.140 e. The number of nitrogens with one attached hydrogen (secondary N) is 1. The van der Waals surface area contributed by atoms with E-state index in [1.165, 1.54) is 32.4 Å². The molecule has 1 aromatic heterocycles. The Kier molecular flexibility index (Phi) is 2.99. The van der Waals surface area contributed by atoms with Crippen LogP contribution in [0.15, 0.2) is 18.2 Å². The van der Waals surface area contributed by atoms with Crippen molar-refractivity contribution in [1.82, 2.24) is 9.88 Å². The molecule has 2 heterocycles. The van der Waals surface area contributed by atoms with Crippen molar-refractivity contribution in [2.24, 2.45) is 17.7 Å². The largest absolute Gasteiger partial charge is 0.308 e. The second-order valence-electron chi connectivity index (χ2n) is 5.30. The Hall–Kier alpha value is -1.13. The highest BCUT2D eigenvalue weighted by molar-refractivity contribution is 5.33. The van der Waals surface area contributed by atoms with Crippen LogP contribution in [-0.2, 0) is 6.54 Å². The van der Waals surface area contributed by atoms with Crippen LogP contribution in [0.2, 0.25) is 0 Å². The zero-order valence-corrected chi connectivity index (χ0v) is 10.1. The maximum Gasteiger partial charge on any atom is 0.140 e. The molecule has 3 rings (SSSR count). The third kappa shape index (κ3) is 2.28. The summed E-state index contributed by atoms with van der Waals surface area (Å²) in [6.45, 7) is 3.47. The van der Waals surface area contributed by atoms with Gasteiger partial charge in [0, 0.05) is 19.6 Å². The molecule has 1 aliphatic heterocycles. The molecule has 2 unspecified atom stereocenters. The fourth-order valence-electron chi connectivity index (χ4n) is 3.34. The molecule has 92 valence electrons. The highest BCUT2D eigenvalue weighted by Gasteiger charge is 2.35. The third-order valence-corrected chi connectivity index (χ3v) is 4.14. The Labute approximate surface area is 102 Å². The van der Waals surface area contributed by atoms with Gasteiger partial charge < -0.3 is 5.43 Å². The fourth-order valence-corrected chi connectivity index (χ4v) is 3.34. The summed E-state index contributed by atoms with van der Waals surface area (Å²) in [4.78, 5) is 7.01. The predicted octanol–water partition coefficient (Wildman–Crippen LogP) is 1.60. The van der Waals surface area contributed by atoms with Gasteiger partial charge in [0.1, 0.15) is 5.82 Å². The maximum atomic E-state index is 5.38. The number of rotatable bonds is 3. The number of aromatic nitrogens is 1. The molecule has 1 saturated carbocycles. The van der Waals surface area contributed by atoms with E-state index >= 15 is 0 Å². The molecule has 0 spiro atoms. The molecule has 3 N–H and O–H groups in total. The minimum atomic E-state index is 0.752. The molecule has 1 saturated heterocycles. The van der Waals surface area contributed by atoms with Gasteiger partial charge in [0.2, 0.25) is 0 Å². The Morgan fingerprint density at radius 3 is 2.76 bits per heavy atom. The summed E-state index contributed by atoms with van der Waals surface area (Å²) >= 11 is 0. The van der Waals surface area contributed by atoms with Crippen LogP contribution in [-0.4, -0.2) is 23.0 Å². The summed E-state index contributed by atoms with van der Waals surface area (Å²) < 4.78 is 0. The summed E-state index contributed by atoms with van der Waals surface area (Å²) in [6.07, 6.45) is 4.30. The highest BCUT2D eigenvalue weighted by Crippen LogP contribution is 2.38. The molecule has 4 nitrogen and oxygen atoms in total. The Balaban J connectivity index is 1.63. The third-order valence-electron chi connectivity index (χ3n) is 4.14. The Morgan fingerprint density at radius 1 is 1.29 bits per heavy atom. The van der Waals surface area contributed by atoms with E-state index < -0.39 is 0 Å².